The molecule has 0 saturated heterocycles. The first-order valence-electron chi connectivity index (χ1n) is 6.09. The van der Waals surface area contributed by atoms with Crippen molar-refractivity contribution in [3.8, 4) is 0 Å². The van der Waals surface area contributed by atoms with Gasteiger partial charge in [-0.25, -0.2) is 0 Å². The van der Waals surface area contributed by atoms with Gasteiger partial charge in [-0.1, -0.05) is 27.7 Å². The Morgan fingerprint density at radius 1 is 1.07 bits per heavy atom. The molecule has 1 atom stereocenters. The lowest BCUT2D eigenvalue weighted by molar-refractivity contribution is 0.178. The van der Waals surface area contributed by atoms with Crippen LogP contribution in [0.1, 0.15) is 47.0 Å². The summed E-state index contributed by atoms with van der Waals surface area (Å²) in [4.78, 5) is 2.56. The van der Waals surface area contributed by atoms with E-state index in [9.17, 15) is 0 Å². The Morgan fingerprint density at radius 2 is 1.57 bits per heavy atom. The van der Waals surface area contributed by atoms with Crippen molar-refractivity contribution in [2.45, 2.75) is 53.0 Å². The fourth-order valence-electron chi connectivity index (χ4n) is 1.99. The van der Waals surface area contributed by atoms with E-state index in [-0.39, 0.29) is 0 Å². The van der Waals surface area contributed by atoms with E-state index in [0.717, 1.165) is 12.5 Å². The van der Waals surface area contributed by atoms with Gasteiger partial charge in [0.05, 0.1) is 0 Å². The highest BCUT2D eigenvalue weighted by molar-refractivity contribution is 4.73. The smallest absolute Gasteiger partial charge is 0.0220 e. The van der Waals surface area contributed by atoms with Gasteiger partial charge >= 0.3 is 0 Å². The first-order valence-corrected chi connectivity index (χ1v) is 6.09. The van der Waals surface area contributed by atoms with Gasteiger partial charge in [0.25, 0.3) is 0 Å². The van der Waals surface area contributed by atoms with E-state index in [1.165, 1.54) is 32.4 Å². The molecule has 86 valence electrons. The summed E-state index contributed by atoms with van der Waals surface area (Å²) in [6.07, 6.45) is 3.69. The van der Waals surface area contributed by atoms with Crippen LogP contribution < -0.4 is 5.73 Å². The van der Waals surface area contributed by atoms with Crippen LogP contribution in [-0.4, -0.2) is 30.6 Å². The van der Waals surface area contributed by atoms with Gasteiger partial charge in [0.2, 0.25) is 0 Å². The van der Waals surface area contributed by atoms with Crippen molar-refractivity contribution in [3.63, 3.8) is 0 Å². The molecule has 1 unspecified atom stereocenters. The van der Waals surface area contributed by atoms with Crippen LogP contribution in [0.2, 0.25) is 0 Å². The highest BCUT2D eigenvalue weighted by atomic mass is 15.2. The van der Waals surface area contributed by atoms with Gasteiger partial charge in [-0.15, -0.1) is 0 Å². The SMILES string of the molecule is CCCN(CCC)C(CN)CC(C)C. The molecule has 2 nitrogen and oxygen atoms in total. The monoisotopic (exact) mass is 200 g/mol. The normalized spacial score (nSPS) is 13.9. The minimum absolute atomic E-state index is 0.592. The molecule has 0 aromatic carbocycles. The molecule has 2 heteroatoms. The molecule has 0 bridgehead atoms. The molecule has 0 aliphatic rings. The minimum Gasteiger partial charge on any atom is -0.329 e. The molecule has 0 aliphatic heterocycles. The van der Waals surface area contributed by atoms with Gasteiger partial charge in [0.15, 0.2) is 0 Å². The Kier molecular flexibility index (Phi) is 8.20. The maximum absolute atomic E-state index is 5.84. The summed E-state index contributed by atoms with van der Waals surface area (Å²) in [6, 6.07) is 0.592. The number of nitrogens with two attached hydrogens (primary N) is 1. The molecule has 0 radical (unpaired) electrons. The molecule has 0 fully saturated rings. The second-order valence-corrected chi connectivity index (χ2v) is 4.56. The Hall–Kier alpha value is -0.0800. The molecule has 0 spiro atoms. The van der Waals surface area contributed by atoms with E-state index in [2.05, 4.69) is 32.6 Å². The average molecular weight is 200 g/mol. The molecule has 0 heterocycles. The average Bonchev–Trinajstić information content (AvgIpc) is 2.13. The Labute approximate surface area is 89.9 Å². The van der Waals surface area contributed by atoms with Gasteiger partial charge in [0.1, 0.15) is 0 Å². The summed E-state index contributed by atoms with van der Waals surface area (Å²) >= 11 is 0. The molecular weight excluding hydrogens is 172 g/mol. The molecule has 0 saturated carbocycles. The third kappa shape index (κ3) is 5.61. The van der Waals surface area contributed by atoms with Gasteiger partial charge < -0.3 is 5.73 Å². The fraction of sp³-hybridized carbons (Fsp3) is 1.00. The predicted octanol–water partition coefficient (Wildman–Crippen LogP) is 2.48. The van der Waals surface area contributed by atoms with Gasteiger partial charge in [-0.2, -0.15) is 0 Å². The van der Waals surface area contributed by atoms with Crippen molar-refractivity contribution in [1.82, 2.24) is 4.90 Å². The quantitative estimate of drug-likeness (QED) is 0.652. The van der Waals surface area contributed by atoms with E-state index < -0.39 is 0 Å². The number of nitrogens with zero attached hydrogens (tertiary/aromatic N) is 1. The summed E-state index contributed by atoms with van der Waals surface area (Å²) in [5, 5.41) is 0. The van der Waals surface area contributed by atoms with Crippen LogP contribution >= 0.6 is 0 Å². The van der Waals surface area contributed by atoms with Crippen LogP contribution in [0.5, 0.6) is 0 Å². The second-order valence-electron chi connectivity index (χ2n) is 4.56. The summed E-state index contributed by atoms with van der Waals surface area (Å²) in [6.45, 7) is 12.2. The largest absolute Gasteiger partial charge is 0.329 e. The predicted molar refractivity (Wildman–Crippen MR) is 64.5 cm³/mol. The van der Waals surface area contributed by atoms with Gasteiger partial charge in [0, 0.05) is 12.6 Å². The molecule has 0 aromatic heterocycles. The van der Waals surface area contributed by atoms with Crippen molar-refractivity contribution >= 4 is 0 Å². The van der Waals surface area contributed by atoms with E-state index in [1.807, 2.05) is 0 Å². The second kappa shape index (κ2) is 8.25. The minimum atomic E-state index is 0.592. The van der Waals surface area contributed by atoms with Crippen molar-refractivity contribution in [2.75, 3.05) is 19.6 Å². The molecular formula is C12H28N2. The standard InChI is InChI=1S/C12H28N2/c1-5-7-14(8-6-2)12(10-13)9-11(3)4/h11-12H,5-10,13H2,1-4H3. The number of hydrogen-bond acceptors (Lipinski definition) is 2. The number of rotatable bonds is 8. The van der Waals surface area contributed by atoms with Gasteiger partial charge in [-0.05, 0) is 38.3 Å². The zero-order valence-electron chi connectivity index (χ0n) is 10.4. The maximum atomic E-state index is 5.84. The fourth-order valence-corrected chi connectivity index (χ4v) is 1.99. The third-order valence-electron chi connectivity index (χ3n) is 2.55. The summed E-state index contributed by atoms with van der Waals surface area (Å²) < 4.78 is 0. The van der Waals surface area contributed by atoms with Crippen molar-refractivity contribution in [3.05, 3.63) is 0 Å². The van der Waals surface area contributed by atoms with Crippen LogP contribution in [0.25, 0.3) is 0 Å². The summed E-state index contributed by atoms with van der Waals surface area (Å²) in [7, 11) is 0. The molecule has 2 N–H and O–H groups in total. The summed E-state index contributed by atoms with van der Waals surface area (Å²) in [5.74, 6) is 0.750. The maximum Gasteiger partial charge on any atom is 0.0220 e. The van der Waals surface area contributed by atoms with Crippen molar-refractivity contribution < 1.29 is 0 Å². The molecule has 0 amide bonds. The molecule has 0 rings (SSSR count). The molecule has 14 heavy (non-hydrogen) atoms. The highest BCUT2D eigenvalue weighted by Crippen LogP contribution is 2.11. The van der Waals surface area contributed by atoms with E-state index >= 15 is 0 Å². The third-order valence-corrected chi connectivity index (χ3v) is 2.55. The first kappa shape index (κ1) is 13.9. The zero-order valence-corrected chi connectivity index (χ0v) is 10.4. The van der Waals surface area contributed by atoms with E-state index in [4.69, 9.17) is 5.73 Å². The summed E-state index contributed by atoms with van der Waals surface area (Å²) in [5.41, 5.74) is 5.84. The topological polar surface area (TPSA) is 29.3 Å². The van der Waals surface area contributed by atoms with Crippen LogP contribution in [-0.2, 0) is 0 Å². The first-order chi connectivity index (χ1) is 6.65. The van der Waals surface area contributed by atoms with Crippen molar-refractivity contribution in [2.24, 2.45) is 11.7 Å². The van der Waals surface area contributed by atoms with Crippen LogP contribution in [0.15, 0.2) is 0 Å². The Balaban J connectivity index is 4.10. The Morgan fingerprint density at radius 3 is 1.86 bits per heavy atom. The highest BCUT2D eigenvalue weighted by Gasteiger charge is 2.16. The lowest BCUT2D eigenvalue weighted by atomic mass is 10.0. The molecule has 0 aromatic rings. The van der Waals surface area contributed by atoms with Crippen molar-refractivity contribution in [1.29, 1.82) is 0 Å². The zero-order chi connectivity index (χ0) is 11.0. The van der Waals surface area contributed by atoms with Crippen LogP contribution in [0, 0.1) is 5.92 Å². The molecule has 0 aliphatic carbocycles. The van der Waals surface area contributed by atoms with E-state index in [0.29, 0.717) is 6.04 Å². The van der Waals surface area contributed by atoms with Crippen LogP contribution in [0.3, 0.4) is 0 Å². The van der Waals surface area contributed by atoms with Crippen LogP contribution in [0.4, 0.5) is 0 Å². The van der Waals surface area contributed by atoms with E-state index in [1.54, 1.807) is 0 Å². The number of hydrogen-bond donors (Lipinski definition) is 1. The lowest BCUT2D eigenvalue weighted by Crippen LogP contribution is -2.42. The lowest BCUT2D eigenvalue weighted by Gasteiger charge is -2.31. The van der Waals surface area contributed by atoms with Gasteiger partial charge in [-0.3, -0.25) is 4.90 Å². The Bertz CT molecular complexity index is 117.